The Morgan fingerprint density at radius 3 is 2.50 bits per heavy atom. The van der Waals surface area contributed by atoms with Gasteiger partial charge in [0.25, 0.3) is 0 Å². The molecule has 0 aromatic heterocycles. The molecule has 0 aliphatic heterocycles. The van der Waals surface area contributed by atoms with Gasteiger partial charge in [0, 0.05) is 0 Å². The van der Waals surface area contributed by atoms with Gasteiger partial charge in [-0.1, -0.05) is 6.07 Å². The van der Waals surface area contributed by atoms with Crippen LogP contribution in [0.15, 0.2) is 10.5 Å². The van der Waals surface area contributed by atoms with Crippen LogP contribution in [0.2, 0.25) is 0 Å². The Labute approximate surface area is 80.0 Å². The third-order valence-electron chi connectivity index (χ3n) is 1.95. The lowest BCUT2D eigenvalue weighted by Gasteiger charge is -2.09. The summed E-state index contributed by atoms with van der Waals surface area (Å²) >= 11 is 3.26. The molecular formula is C9H11BrO2. The van der Waals surface area contributed by atoms with Crippen LogP contribution in [0.25, 0.3) is 0 Å². The number of halogens is 1. The molecule has 1 aromatic carbocycles. The van der Waals surface area contributed by atoms with Crippen molar-refractivity contribution in [1.82, 2.24) is 0 Å². The fourth-order valence-corrected chi connectivity index (χ4v) is 1.51. The fourth-order valence-electron chi connectivity index (χ4n) is 1.10. The second-order valence-corrected chi connectivity index (χ2v) is 3.59. The van der Waals surface area contributed by atoms with Gasteiger partial charge in [0.2, 0.25) is 0 Å². The number of aromatic hydroxyl groups is 1. The van der Waals surface area contributed by atoms with Gasteiger partial charge in [-0.25, -0.2) is 0 Å². The molecule has 2 N–H and O–H groups in total. The summed E-state index contributed by atoms with van der Waals surface area (Å²) in [4.78, 5) is 0. The number of phenolic OH excluding ortho intramolecular Hbond substituents is 1. The summed E-state index contributed by atoms with van der Waals surface area (Å²) in [6.45, 7) is 3.63. The molecule has 12 heavy (non-hydrogen) atoms. The van der Waals surface area contributed by atoms with Crippen molar-refractivity contribution in [2.24, 2.45) is 0 Å². The molecule has 0 radical (unpaired) electrons. The van der Waals surface area contributed by atoms with Crippen LogP contribution < -0.4 is 0 Å². The Bertz CT molecular complexity index is 308. The molecule has 0 aliphatic carbocycles. The van der Waals surface area contributed by atoms with Gasteiger partial charge in [0.05, 0.1) is 11.1 Å². The first-order valence-corrected chi connectivity index (χ1v) is 4.45. The maximum absolute atomic E-state index is 9.54. The predicted molar refractivity (Wildman–Crippen MR) is 51.2 cm³/mol. The van der Waals surface area contributed by atoms with Crippen molar-refractivity contribution in [3.8, 4) is 5.75 Å². The second kappa shape index (κ2) is 3.46. The van der Waals surface area contributed by atoms with Crippen LogP contribution in [0.5, 0.6) is 5.75 Å². The van der Waals surface area contributed by atoms with Gasteiger partial charge in [0.1, 0.15) is 5.75 Å². The first kappa shape index (κ1) is 9.55. The molecule has 0 fully saturated rings. The molecule has 0 saturated carbocycles. The van der Waals surface area contributed by atoms with Gasteiger partial charge in [-0.05, 0) is 46.5 Å². The molecule has 0 saturated heterocycles. The quantitative estimate of drug-likeness (QED) is 0.778. The molecule has 0 aliphatic rings. The van der Waals surface area contributed by atoms with Crippen LogP contribution in [0, 0.1) is 13.8 Å². The highest BCUT2D eigenvalue weighted by Crippen LogP contribution is 2.32. The van der Waals surface area contributed by atoms with Gasteiger partial charge < -0.3 is 10.2 Å². The number of benzene rings is 1. The molecule has 0 atom stereocenters. The SMILES string of the molecule is Cc1cc(CO)c(C)c(O)c1Br. The van der Waals surface area contributed by atoms with Crippen LogP contribution in [0.1, 0.15) is 16.7 Å². The molecule has 2 nitrogen and oxygen atoms in total. The van der Waals surface area contributed by atoms with Gasteiger partial charge in [0.15, 0.2) is 0 Å². The topological polar surface area (TPSA) is 40.5 Å². The zero-order valence-electron chi connectivity index (χ0n) is 7.06. The molecular weight excluding hydrogens is 220 g/mol. The van der Waals surface area contributed by atoms with Crippen LogP contribution in [-0.2, 0) is 6.61 Å². The lowest BCUT2D eigenvalue weighted by molar-refractivity contribution is 0.280. The predicted octanol–water partition coefficient (Wildman–Crippen LogP) is 2.26. The Hall–Kier alpha value is -0.540. The lowest BCUT2D eigenvalue weighted by Crippen LogP contribution is -1.91. The van der Waals surface area contributed by atoms with E-state index in [-0.39, 0.29) is 12.4 Å². The molecule has 0 heterocycles. The van der Waals surface area contributed by atoms with E-state index in [2.05, 4.69) is 15.9 Å². The molecule has 1 rings (SSSR count). The van der Waals surface area contributed by atoms with Crippen LogP contribution in [0.4, 0.5) is 0 Å². The number of phenols is 1. The molecule has 0 bridgehead atoms. The smallest absolute Gasteiger partial charge is 0.133 e. The zero-order valence-corrected chi connectivity index (χ0v) is 8.64. The van der Waals surface area contributed by atoms with Crippen LogP contribution in [0.3, 0.4) is 0 Å². The number of aryl methyl sites for hydroxylation is 1. The van der Waals surface area contributed by atoms with Gasteiger partial charge in [-0.2, -0.15) is 0 Å². The number of aliphatic hydroxyl groups excluding tert-OH is 1. The summed E-state index contributed by atoms with van der Waals surface area (Å²) in [6, 6.07) is 1.86. The summed E-state index contributed by atoms with van der Waals surface area (Å²) in [5.74, 6) is 0.221. The van der Waals surface area contributed by atoms with Crippen molar-refractivity contribution in [3.05, 3.63) is 27.2 Å². The van der Waals surface area contributed by atoms with Crippen molar-refractivity contribution in [3.63, 3.8) is 0 Å². The van der Waals surface area contributed by atoms with Crippen molar-refractivity contribution in [2.45, 2.75) is 20.5 Å². The minimum absolute atomic E-state index is 0.0342. The van der Waals surface area contributed by atoms with Crippen molar-refractivity contribution in [2.75, 3.05) is 0 Å². The standard InChI is InChI=1S/C9H11BrO2/c1-5-3-7(4-11)6(2)9(12)8(5)10/h3,11-12H,4H2,1-2H3. The maximum atomic E-state index is 9.54. The second-order valence-electron chi connectivity index (χ2n) is 2.80. The highest BCUT2D eigenvalue weighted by Gasteiger charge is 2.09. The average molecular weight is 231 g/mol. The van der Waals surface area contributed by atoms with E-state index >= 15 is 0 Å². The first-order chi connectivity index (χ1) is 5.57. The van der Waals surface area contributed by atoms with E-state index in [1.165, 1.54) is 0 Å². The highest BCUT2D eigenvalue weighted by atomic mass is 79.9. The van der Waals surface area contributed by atoms with Crippen LogP contribution in [-0.4, -0.2) is 10.2 Å². The largest absolute Gasteiger partial charge is 0.506 e. The maximum Gasteiger partial charge on any atom is 0.133 e. The first-order valence-electron chi connectivity index (χ1n) is 3.66. The highest BCUT2D eigenvalue weighted by molar-refractivity contribution is 9.10. The Morgan fingerprint density at radius 1 is 1.42 bits per heavy atom. The summed E-state index contributed by atoms with van der Waals surface area (Å²) in [5.41, 5.74) is 2.44. The van der Waals surface area contributed by atoms with Gasteiger partial charge in [-0.15, -0.1) is 0 Å². The van der Waals surface area contributed by atoms with Gasteiger partial charge >= 0.3 is 0 Å². The van der Waals surface area contributed by atoms with Crippen molar-refractivity contribution >= 4 is 15.9 Å². The summed E-state index contributed by atoms with van der Waals surface area (Å²) in [5, 5.41) is 18.5. The summed E-state index contributed by atoms with van der Waals surface area (Å²) in [7, 11) is 0. The molecule has 1 aromatic rings. The van der Waals surface area contributed by atoms with E-state index in [1.54, 1.807) is 6.92 Å². The van der Waals surface area contributed by atoms with E-state index in [1.807, 2.05) is 13.0 Å². The Kier molecular flexibility index (Phi) is 2.75. The van der Waals surface area contributed by atoms with Crippen molar-refractivity contribution in [1.29, 1.82) is 0 Å². The van der Waals surface area contributed by atoms with Gasteiger partial charge in [-0.3, -0.25) is 0 Å². The molecule has 0 spiro atoms. The van der Waals surface area contributed by atoms with Crippen LogP contribution >= 0.6 is 15.9 Å². The lowest BCUT2D eigenvalue weighted by atomic mass is 10.1. The number of hydrogen-bond donors (Lipinski definition) is 2. The monoisotopic (exact) mass is 230 g/mol. The molecule has 0 amide bonds. The number of aliphatic hydroxyl groups is 1. The zero-order chi connectivity index (χ0) is 9.30. The Balaban J connectivity index is 3.39. The number of rotatable bonds is 1. The van der Waals surface area contributed by atoms with E-state index in [0.717, 1.165) is 16.7 Å². The van der Waals surface area contributed by atoms with Crippen molar-refractivity contribution < 1.29 is 10.2 Å². The third kappa shape index (κ3) is 1.47. The average Bonchev–Trinajstić information content (AvgIpc) is 2.08. The molecule has 3 heteroatoms. The third-order valence-corrected chi connectivity index (χ3v) is 2.95. The van der Waals surface area contributed by atoms with E-state index < -0.39 is 0 Å². The minimum atomic E-state index is -0.0342. The van der Waals surface area contributed by atoms with E-state index in [4.69, 9.17) is 5.11 Å². The van der Waals surface area contributed by atoms with E-state index in [9.17, 15) is 5.11 Å². The fraction of sp³-hybridized carbons (Fsp3) is 0.333. The summed E-state index contributed by atoms with van der Waals surface area (Å²) in [6.07, 6.45) is 0. The van der Waals surface area contributed by atoms with E-state index in [0.29, 0.717) is 4.47 Å². The Morgan fingerprint density at radius 2 is 2.00 bits per heavy atom. The molecule has 0 unspecified atom stereocenters. The molecule has 66 valence electrons. The normalized spacial score (nSPS) is 10.3. The number of hydrogen-bond acceptors (Lipinski definition) is 2. The minimum Gasteiger partial charge on any atom is -0.506 e. The summed E-state index contributed by atoms with van der Waals surface area (Å²) < 4.78 is 0.706.